The molecule has 2 atom stereocenters. The molecule has 0 heterocycles. The largest absolute Gasteiger partial charge is 0.465 e. The monoisotopic (exact) mass is 505 g/mol. The molecular weight excluding hydrogens is 473 g/mol. The summed E-state index contributed by atoms with van der Waals surface area (Å²) < 4.78 is 6.47. The van der Waals surface area contributed by atoms with Crippen molar-refractivity contribution in [1.29, 1.82) is 0 Å². The predicted molar refractivity (Wildman–Crippen MR) is 120 cm³/mol. The average Bonchev–Trinajstić information content (AvgIpc) is 2.56. The highest BCUT2D eigenvalue weighted by Gasteiger charge is 2.17. The molecule has 27 heavy (non-hydrogen) atoms. The van der Waals surface area contributed by atoms with E-state index in [-0.39, 0.29) is 12.4 Å². The summed E-state index contributed by atoms with van der Waals surface area (Å²) in [5, 5.41) is 11.5. The van der Waals surface area contributed by atoms with Gasteiger partial charge in [-0.3, -0.25) is 4.79 Å². The first-order chi connectivity index (χ1) is 12.6. The van der Waals surface area contributed by atoms with Gasteiger partial charge in [-0.1, -0.05) is 51.2 Å². The second-order valence-electron chi connectivity index (χ2n) is 8.33. The molecule has 7 heteroatoms. The molecule has 0 aliphatic rings. The Morgan fingerprint density at radius 2 is 1.81 bits per heavy atom. The predicted octanol–water partition coefficient (Wildman–Crippen LogP) is 5.68. The normalized spacial score (nSPS) is 13.7. The molecule has 0 aliphatic heterocycles. The van der Waals surface area contributed by atoms with E-state index in [0.717, 1.165) is 15.6 Å². The summed E-state index contributed by atoms with van der Waals surface area (Å²) in [6.07, 6.45) is 1.74. The molecule has 2 unspecified atom stereocenters. The molecule has 152 valence electrons. The van der Waals surface area contributed by atoms with E-state index in [4.69, 9.17) is 9.84 Å². The third-order valence-corrected chi connectivity index (χ3v) is 6.93. The van der Waals surface area contributed by atoms with Gasteiger partial charge in [-0.05, 0) is 59.0 Å². The first kappa shape index (κ1) is 23.9. The lowest BCUT2D eigenvalue weighted by Gasteiger charge is -2.19. The van der Waals surface area contributed by atoms with Crippen molar-refractivity contribution in [2.24, 2.45) is 5.92 Å². The highest BCUT2D eigenvalue weighted by molar-refractivity contribution is 14.1. The van der Waals surface area contributed by atoms with Crippen molar-refractivity contribution in [2.45, 2.75) is 64.3 Å². The van der Waals surface area contributed by atoms with Crippen LogP contribution in [0.3, 0.4) is 0 Å². The Bertz CT molecular complexity index is 601. The molecule has 0 saturated carbocycles. The van der Waals surface area contributed by atoms with Crippen LogP contribution in [-0.4, -0.2) is 31.8 Å². The van der Waals surface area contributed by atoms with E-state index in [2.05, 4.69) is 54.5 Å². The fourth-order valence-corrected chi connectivity index (χ4v) is 4.42. The van der Waals surface area contributed by atoms with Crippen LogP contribution >= 0.6 is 22.6 Å². The Balaban J connectivity index is 2.40. The van der Waals surface area contributed by atoms with Crippen molar-refractivity contribution in [1.82, 2.24) is 5.32 Å². The topological polar surface area (TPSA) is 75.6 Å². The molecule has 0 radical (unpaired) electrons. The van der Waals surface area contributed by atoms with Gasteiger partial charge in [0.1, 0.15) is 0 Å². The van der Waals surface area contributed by atoms with Gasteiger partial charge in [-0.25, -0.2) is 4.79 Å². The van der Waals surface area contributed by atoms with Crippen LogP contribution in [0.5, 0.6) is 0 Å². The fraction of sp³-hybridized carbons (Fsp3) is 0.600. The number of ether oxygens (including phenoxy) is 1. The number of carbonyl (C=O) groups excluding carboxylic acids is 1. The lowest BCUT2D eigenvalue weighted by molar-refractivity contribution is -0.145. The minimum Gasteiger partial charge on any atom is -0.465 e. The first-order valence-corrected chi connectivity index (χ1v) is 14.3. The second-order valence-corrected chi connectivity index (χ2v) is 15.2. The lowest BCUT2D eigenvalue weighted by Crippen LogP contribution is -2.27. The van der Waals surface area contributed by atoms with Crippen LogP contribution in [-0.2, 0) is 9.53 Å². The molecule has 0 aliphatic carbocycles. The Kier molecular flexibility index (Phi) is 10.4. The SMILES string of the molecule is CC(CCC[Si](C)(C)C)COC(=O)CCC(NC(=O)O)c1ccc(I)cc1. The molecule has 1 amide bonds. The molecule has 0 bridgehead atoms. The third-order valence-electron chi connectivity index (χ3n) is 4.36. The summed E-state index contributed by atoms with van der Waals surface area (Å²) in [4.78, 5) is 23.1. The van der Waals surface area contributed by atoms with Gasteiger partial charge in [0.2, 0.25) is 0 Å². The number of rotatable bonds is 11. The zero-order valence-electron chi connectivity index (χ0n) is 16.8. The standard InChI is InChI=1S/C20H32INO4Si/c1-15(6-5-13-27(2,3)4)14-26-19(23)12-11-18(22-20(24)25)16-7-9-17(21)10-8-16/h7-10,15,18,22H,5-6,11-14H2,1-4H3,(H,24,25). The molecule has 1 aromatic carbocycles. The van der Waals surface area contributed by atoms with E-state index >= 15 is 0 Å². The summed E-state index contributed by atoms with van der Waals surface area (Å²) in [6, 6.07) is 8.49. The van der Waals surface area contributed by atoms with Crippen LogP contribution in [0.1, 0.15) is 44.2 Å². The fourth-order valence-electron chi connectivity index (χ4n) is 2.80. The van der Waals surface area contributed by atoms with Crippen molar-refractivity contribution in [3.8, 4) is 0 Å². The number of benzene rings is 1. The third kappa shape index (κ3) is 11.4. The Labute approximate surface area is 177 Å². The van der Waals surface area contributed by atoms with Gasteiger partial charge < -0.3 is 15.2 Å². The molecular formula is C20H32INO4Si. The minimum atomic E-state index is -1.09. The number of amides is 1. The first-order valence-electron chi connectivity index (χ1n) is 9.47. The van der Waals surface area contributed by atoms with Crippen LogP contribution in [0, 0.1) is 9.49 Å². The van der Waals surface area contributed by atoms with E-state index in [1.54, 1.807) is 0 Å². The second kappa shape index (κ2) is 11.7. The number of hydrogen-bond acceptors (Lipinski definition) is 3. The maximum absolute atomic E-state index is 12.1. The van der Waals surface area contributed by atoms with Gasteiger partial charge in [0, 0.05) is 18.1 Å². The van der Waals surface area contributed by atoms with E-state index in [9.17, 15) is 9.59 Å². The van der Waals surface area contributed by atoms with E-state index < -0.39 is 20.2 Å². The molecule has 0 aromatic heterocycles. The van der Waals surface area contributed by atoms with Gasteiger partial charge in [0.25, 0.3) is 0 Å². The summed E-state index contributed by atoms with van der Waals surface area (Å²) in [5.74, 6) is 0.0872. The van der Waals surface area contributed by atoms with Crippen LogP contribution in [0.2, 0.25) is 25.7 Å². The molecule has 1 aromatic rings. The quantitative estimate of drug-likeness (QED) is 0.231. The van der Waals surface area contributed by atoms with Gasteiger partial charge >= 0.3 is 12.1 Å². The van der Waals surface area contributed by atoms with Crippen molar-refractivity contribution in [3.63, 3.8) is 0 Å². The highest BCUT2D eigenvalue weighted by atomic mass is 127. The van der Waals surface area contributed by atoms with Crippen LogP contribution in [0.15, 0.2) is 24.3 Å². The number of carboxylic acid groups (broad SMARTS) is 1. The van der Waals surface area contributed by atoms with Gasteiger partial charge in [0.15, 0.2) is 0 Å². The smallest absolute Gasteiger partial charge is 0.405 e. The summed E-state index contributed by atoms with van der Waals surface area (Å²) in [5.41, 5.74) is 0.852. The van der Waals surface area contributed by atoms with Crippen molar-refractivity contribution >= 4 is 42.7 Å². The summed E-state index contributed by atoms with van der Waals surface area (Å²) in [6.45, 7) is 9.65. The molecule has 0 saturated heterocycles. The summed E-state index contributed by atoms with van der Waals surface area (Å²) >= 11 is 2.20. The molecule has 5 nitrogen and oxygen atoms in total. The Morgan fingerprint density at radius 1 is 1.19 bits per heavy atom. The van der Waals surface area contributed by atoms with Crippen molar-refractivity contribution in [3.05, 3.63) is 33.4 Å². The summed E-state index contributed by atoms with van der Waals surface area (Å²) in [7, 11) is -1.01. The maximum atomic E-state index is 12.1. The van der Waals surface area contributed by atoms with Crippen LogP contribution < -0.4 is 5.32 Å². The van der Waals surface area contributed by atoms with Crippen LogP contribution in [0.25, 0.3) is 0 Å². The van der Waals surface area contributed by atoms with E-state index in [1.165, 1.54) is 12.5 Å². The zero-order valence-corrected chi connectivity index (χ0v) is 19.9. The number of halogens is 1. The zero-order chi connectivity index (χ0) is 20.4. The highest BCUT2D eigenvalue weighted by Crippen LogP contribution is 2.21. The average molecular weight is 505 g/mol. The van der Waals surface area contributed by atoms with Gasteiger partial charge in [0.05, 0.1) is 12.6 Å². The lowest BCUT2D eigenvalue weighted by atomic mass is 10.0. The number of esters is 1. The number of hydrogen-bond donors (Lipinski definition) is 2. The van der Waals surface area contributed by atoms with Gasteiger partial charge in [-0.2, -0.15) is 0 Å². The van der Waals surface area contributed by atoms with Crippen molar-refractivity contribution in [2.75, 3.05) is 6.61 Å². The minimum absolute atomic E-state index is 0.193. The molecule has 0 spiro atoms. The van der Waals surface area contributed by atoms with Gasteiger partial charge in [-0.15, -0.1) is 0 Å². The Hall–Kier alpha value is -1.09. The molecule has 2 N–H and O–H groups in total. The van der Waals surface area contributed by atoms with E-state index in [1.807, 2.05) is 24.3 Å². The molecule has 0 fully saturated rings. The van der Waals surface area contributed by atoms with Crippen molar-refractivity contribution < 1.29 is 19.4 Å². The van der Waals surface area contributed by atoms with Crippen LogP contribution in [0.4, 0.5) is 4.79 Å². The van der Waals surface area contributed by atoms with E-state index in [0.29, 0.717) is 18.9 Å². The number of nitrogens with one attached hydrogen (secondary N) is 1. The maximum Gasteiger partial charge on any atom is 0.405 e. The number of carbonyl (C=O) groups is 2. The molecule has 1 rings (SSSR count). The Morgan fingerprint density at radius 3 is 2.37 bits per heavy atom.